The quantitative estimate of drug-likeness (QED) is 0.706. The maximum Gasteiger partial charge on any atom is 0.0632 e. The van der Waals surface area contributed by atoms with Crippen LogP contribution in [0.4, 0.5) is 0 Å². The number of rotatable bonds is 6. The molecule has 0 aromatic rings. The van der Waals surface area contributed by atoms with Gasteiger partial charge in [0.05, 0.1) is 13.2 Å². The maximum atomic E-state index is 5.49. The molecule has 0 amide bonds. The molecule has 1 aliphatic heterocycles. The van der Waals surface area contributed by atoms with Crippen LogP contribution in [0.5, 0.6) is 0 Å². The van der Waals surface area contributed by atoms with E-state index in [1.54, 1.807) is 0 Å². The van der Waals surface area contributed by atoms with Gasteiger partial charge in [-0.3, -0.25) is 4.90 Å². The number of hydrogen-bond donors (Lipinski definition) is 1. The zero-order chi connectivity index (χ0) is 12.0. The predicted molar refractivity (Wildman–Crippen MR) is 67.9 cm³/mol. The minimum atomic E-state index is 0.498. The third kappa shape index (κ3) is 4.78. The average molecular weight is 229 g/mol. The van der Waals surface area contributed by atoms with E-state index in [1.165, 1.54) is 0 Å². The molecule has 1 saturated heterocycles. The van der Waals surface area contributed by atoms with Crippen molar-refractivity contribution in [2.24, 2.45) is 0 Å². The van der Waals surface area contributed by atoms with Crippen LogP contribution in [0.1, 0.15) is 13.8 Å². The van der Waals surface area contributed by atoms with E-state index in [4.69, 9.17) is 4.74 Å². The Morgan fingerprint density at radius 1 is 1.44 bits per heavy atom. The Morgan fingerprint density at radius 2 is 2.19 bits per heavy atom. The van der Waals surface area contributed by atoms with Crippen LogP contribution >= 0.6 is 0 Å². The smallest absolute Gasteiger partial charge is 0.0632 e. The molecule has 1 heterocycles. The lowest BCUT2D eigenvalue weighted by atomic mass is 10.2. The summed E-state index contributed by atoms with van der Waals surface area (Å²) in [6.45, 7) is 10.5. The molecule has 0 bridgehead atoms. The summed E-state index contributed by atoms with van der Waals surface area (Å²) in [5.41, 5.74) is 0. The van der Waals surface area contributed by atoms with Crippen LogP contribution in [0.2, 0.25) is 0 Å². The molecule has 0 saturated carbocycles. The Morgan fingerprint density at radius 3 is 2.69 bits per heavy atom. The second kappa shape index (κ2) is 7.22. The Hall–Kier alpha value is -0.160. The van der Waals surface area contributed by atoms with Crippen molar-refractivity contribution >= 4 is 0 Å². The molecule has 2 unspecified atom stereocenters. The van der Waals surface area contributed by atoms with Crippen LogP contribution in [0.25, 0.3) is 0 Å². The van der Waals surface area contributed by atoms with Crippen molar-refractivity contribution in [3.63, 3.8) is 0 Å². The topological polar surface area (TPSA) is 27.7 Å². The van der Waals surface area contributed by atoms with Gasteiger partial charge in [-0.05, 0) is 27.6 Å². The molecular weight excluding hydrogens is 202 g/mol. The summed E-state index contributed by atoms with van der Waals surface area (Å²) < 4.78 is 5.49. The highest BCUT2D eigenvalue weighted by Crippen LogP contribution is 2.04. The molecule has 0 aromatic carbocycles. The van der Waals surface area contributed by atoms with Gasteiger partial charge < -0.3 is 15.0 Å². The summed E-state index contributed by atoms with van der Waals surface area (Å²) in [6.07, 6.45) is 0. The van der Waals surface area contributed by atoms with Crippen molar-refractivity contribution in [1.82, 2.24) is 15.1 Å². The van der Waals surface area contributed by atoms with E-state index in [2.05, 4.69) is 43.1 Å². The fraction of sp³-hybridized carbons (Fsp3) is 1.00. The summed E-state index contributed by atoms with van der Waals surface area (Å²) in [6, 6.07) is 1.10. The highest BCUT2D eigenvalue weighted by Gasteiger charge is 2.19. The molecular formula is C12H27N3O. The van der Waals surface area contributed by atoms with Crippen LogP contribution < -0.4 is 5.32 Å². The van der Waals surface area contributed by atoms with Crippen LogP contribution in [0, 0.1) is 0 Å². The van der Waals surface area contributed by atoms with Crippen LogP contribution in [0.3, 0.4) is 0 Å². The van der Waals surface area contributed by atoms with E-state index < -0.39 is 0 Å². The summed E-state index contributed by atoms with van der Waals surface area (Å²) in [5, 5.41) is 3.51. The Kier molecular flexibility index (Phi) is 6.28. The Balaban J connectivity index is 2.34. The van der Waals surface area contributed by atoms with Crippen LogP contribution in [-0.2, 0) is 4.74 Å². The van der Waals surface area contributed by atoms with Crippen LogP contribution in [-0.4, -0.2) is 75.4 Å². The Labute approximate surface area is 99.9 Å². The molecule has 0 spiro atoms. The maximum absolute atomic E-state index is 5.49. The third-order valence-corrected chi connectivity index (χ3v) is 3.11. The fourth-order valence-corrected chi connectivity index (χ4v) is 2.28. The number of nitrogens with one attached hydrogen (secondary N) is 1. The molecule has 1 rings (SSSR count). The molecule has 1 fully saturated rings. The van der Waals surface area contributed by atoms with E-state index in [0.717, 1.165) is 39.4 Å². The Bertz CT molecular complexity index is 181. The van der Waals surface area contributed by atoms with E-state index >= 15 is 0 Å². The van der Waals surface area contributed by atoms with Gasteiger partial charge in [0.2, 0.25) is 0 Å². The second-order valence-corrected chi connectivity index (χ2v) is 4.92. The molecule has 4 heteroatoms. The van der Waals surface area contributed by atoms with Crippen molar-refractivity contribution in [2.75, 3.05) is 53.5 Å². The molecule has 16 heavy (non-hydrogen) atoms. The van der Waals surface area contributed by atoms with Crippen LogP contribution in [0.15, 0.2) is 0 Å². The molecule has 0 radical (unpaired) electrons. The standard InChI is InChI=1S/C12H27N3O/c1-5-15(11(2)8-14(3)4)9-12-10-16-7-6-13-12/h11-13H,5-10H2,1-4H3. The highest BCUT2D eigenvalue weighted by atomic mass is 16.5. The van der Waals surface area contributed by atoms with Crippen molar-refractivity contribution in [3.8, 4) is 0 Å². The highest BCUT2D eigenvalue weighted by molar-refractivity contribution is 4.78. The first-order valence-corrected chi connectivity index (χ1v) is 6.33. The number of likely N-dealkylation sites (N-methyl/N-ethyl adjacent to an activating group) is 2. The first-order chi connectivity index (χ1) is 7.63. The molecule has 0 aromatic heterocycles. The van der Waals surface area contributed by atoms with Crippen molar-refractivity contribution < 1.29 is 4.74 Å². The monoisotopic (exact) mass is 229 g/mol. The van der Waals surface area contributed by atoms with Gasteiger partial charge in [-0.2, -0.15) is 0 Å². The van der Waals surface area contributed by atoms with Gasteiger partial charge in [0.25, 0.3) is 0 Å². The molecule has 1 N–H and O–H groups in total. The normalized spacial score (nSPS) is 24.0. The van der Waals surface area contributed by atoms with E-state index in [1.807, 2.05) is 0 Å². The van der Waals surface area contributed by atoms with Gasteiger partial charge in [0.1, 0.15) is 0 Å². The minimum Gasteiger partial charge on any atom is -0.378 e. The zero-order valence-corrected chi connectivity index (χ0v) is 11.2. The van der Waals surface area contributed by atoms with Gasteiger partial charge in [0, 0.05) is 31.7 Å². The van der Waals surface area contributed by atoms with Gasteiger partial charge in [-0.1, -0.05) is 6.92 Å². The predicted octanol–water partition coefficient (Wildman–Crippen LogP) is 0.247. The summed E-state index contributed by atoms with van der Waals surface area (Å²) in [5.74, 6) is 0. The van der Waals surface area contributed by atoms with E-state index in [0.29, 0.717) is 12.1 Å². The lowest BCUT2D eigenvalue weighted by Crippen LogP contribution is -2.51. The van der Waals surface area contributed by atoms with Gasteiger partial charge in [0.15, 0.2) is 0 Å². The van der Waals surface area contributed by atoms with Gasteiger partial charge >= 0.3 is 0 Å². The average Bonchev–Trinajstić information content (AvgIpc) is 2.26. The van der Waals surface area contributed by atoms with Crippen molar-refractivity contribution in [1.29, 1.82) is 0 Å². The summed E-state index contributed by atoms with van der Waals surface area (Å²) in [4.78, 5) is 4.77. The summed E-state index contributed by atoms with van der Waals surface area (Å²) >= 11 is 0. The first-order valence-electron chi connectivity index (χ1n) is 6.33. The lowest BCUT2D eigenvalue weighted by molar-refractivity contribution is 0.0541. The number of ether oxygens (including phenoxy) is 1. The van der Waals surface area contributed by atoms with Gasteiger partial charge in [-0.25, -0.2) is 0 Å². The largest absolute Gasteiger partial charge is 0.378 e. The first kappa shape index (κ1) is 13.9. The zero-order valence-electron chi connectivity index (χ0n) is 11.2. The number of nitrogens with zero attached hydrogens (tertiary/aromatic N) is 2. The molecule has 1 aliphatic rings. The molecule has 4 nitrogen and oxygen atoms in total. The van der Waals surface area contributed by atoms with Gasteiger partial charge in [-0.15, -0.1) is 0 Å². The molecule has 2 atom stereocenters. The molecule has 0 aliphatic carbocycles. The lowest BCUT2D eigenvalue weighted by Gasteiger charge is -2.34. The van der Waals surface area contributed by atoms with Crippen molar-refractivity contribution in [3.05, 3.63) is 0 Å². The van der Waals surface area contributed by atoms with Crippen molar-refractivity contribution in [2.45, 2.75) is 25.9 Å². The molecule has 96 valence electrons. The number of morpholine rings is 1. The minimum absolute atomic E-state index is 0.498. The fourth-order valence-electron chi connectivity index (χ4n) is 2.28. The third-order valence-electron chi connectivity index (χ3n) is 3.11. The SMILES string of the molecule is CCN(CC1COCCN1)C(C)CN(C)C. The number of hydrogen-bond acceptors (Lipinski definition) is 4. The van der Waals surface area contributed by atoms with E-state index in [9.17, 15) is 0 Å². The summed E-state index contributed by atoms with van der Waals surface area (Å²) in [7, 11) is 4.26. The second-order valence-electron chi connectivity index (χ2n) is 4.92. The van der Waals surface area contributed by atoms with E-state index in [-0.39, 0.29) is 0 Å².